The summed E-state index contributed by atoms with van der Waals surface area (Å²) in [4.78, 5) is 0. The van der Waals surface area contributed by atoms with Crippen molar-refractivity contribution in [2.75, 3.05) is 24.6 Å². The quantitative estimate of drug-likeness (QED) is 0.175. The molecule has 0 N–H and O–H groups in total. The summed E-state index contributed by atoms with van der Waals surface area (Å²) in [5, 5.41) is 0. The Morgan fingerprint density at radius 2 is 1.00 bits per heavy atom. The zero-order valence-corrected chi connectivity index (χ0v) is 25.8. The summed E-state index contributed by atoms with van der Waals surface area (Å²) in [7, 11) is -1.17. The molecule has 0 aliphatic rings. The van der Waals surface area contributed by atoms with Gasteiger partial charge in [0.2, 0.25) is 0 Å². The number of rotatable bonds is 18. The van der Waals surface area contributed by atoms with E-state index in [-0.39, 0.29) is 0 Å². The second kappa shape index (κ2) is 16.2. The van der Waals surface area contributed by atoms with E-state index >= 15 is 0 Å². The minimum absolute atomic E-state index is 0.463. The molecule has 0 fully saturated rings. The summed E-state index contributed by atoms with van der Waals surface area (Å²) in [6, 6.07) is 0. The van der Waals surface area contributed by atoms with Crippen LogP contribution in [0.5, 0.6) is 0 Å². The fourth-order valence-electron chi connectivity index (χ4n) is 6.62. The van der Waals surface area contributed by atoms with Gasteiger partial charge in [-0.3, -0.25) is 0 Å². The van der Waals surface area contributed by atoms with Crippen LogP contribution in [0.4, 0.5) is 0 Å². The van der Waals surface area contributed by atoms with Crippen molar-refractivity contribution in [1.82, 2.24) is 0 Å². The predicted octanol–water partition coefficient (Wildman–Crippen LogP) is 11.1. The topological polar surface area (TPSA) is 0 Å². The maximum absolute atomic E-state index is 2.56. The van der Waals surface area contributed by atoms with Gasteiger partial charge in [0.15, 0.2) is 0 Å². The molecule has 0 spiro atoms. The van der Waals surface area contributed by atoms with Crippen molar-refractivity contribution in [3.05, 3.63) is 0 Å². The Bertz CT molecular complexity index is 417. The molecule has 0 heterocycles. The molecule has 0 saturated carbocycles. The molecule has 32 heavy (non-hydrogen) atoms. The van der Waals surface area contributed by atoms with E-state index in [4.69, 9.17) is 0 Å². The normalized spacial score (nSPS) is 16.7. The average Bonchev–Trinajstić information content (AvgIpc) is 2.64. The Labute approximate surface area is 207 Å². The first-order chi connectivity index (χ1) is 14.8. The zero-order valence-electron chi connectivity index (χ0n) is 24.8. The van der Waals surface area contributed by atoms with Crippen molar-refractivity contribution in [2.24, 2.45) is 28.6 Å². The fraction of sp³-hybridized carbons (Fsp3) is 1.00. The standard InChI is InChI=1S/C31H67P/c1-12-15-20-32(21-16-13-2,22-17-14-3)26-29(23-28(5)25-31(9,10)11)19-18-27(4)24-30(6,7)8/h27-29,32H,12-26H2,1-11H3. The van der Waals surface area contributed by atoms with Crippen molar-refractivity contribution < 1.29 is 0 Å². The van der Waals surface area contributed by atoms with Crippen LogP contribution in [0.1, 0.15) is 147 Å². The van der Waals surface area contributed by atoms with Gasteiger partial charge < -0.3 is 0 Å². The third kappa shape index (κ3) is 17.0. The SMILES string of the molecule is CCCC[PH](CCCC)(CCCC)CC(CCC(C)CC(C)(C)C)CC(C)CC(C)(C)C. The van der Waals surface area contributed by atoms with E-state index in [1.807, 2.05) is 0 Å². The molecule has 3 unspecified atom stereocenters. The van der Waals surface area contributed by atoms with Gasteiger partial charge in [-0.2, -0.15) is 0 Å². The van der Waals surface area contributed by atoms with Gasteiger partial charge in [0, 0.05) is 0 Å². The van der Waals surface area contributed by atoms with Gasteiger partial charge in [-0.15, -0.1) is 0 Å². The number of hydrogen-bond acceptors (Lipinski definition) is 0. The van der Waals surface area contributed by atoms with Gasteiger partial charge in [0.05, 0.1) is 0 Å². The van der Waals surface area contributed by atoms with Crippen LogP contribution in [0.15, 0.2) is 0 Å². The maximum atomic E-state index is 2.56. The molecule has 0 radical (unpaired) electrons. The number of unbranched alkanes of at least 4 members (excludes halogenated alkanes) is 3. The van der Waals surface area contributed by atoms with Crippen LogP contribution >= 0.6 is 7.26 Å². The molecule has 1 heteroatoms. The van der Waals surface area contributed by atoms with E-state index in [0.717, 1.165) is 17.8 Å². The molecule has 0 aromatic heterocycles. The summed E-state index contributed by atoms with van der Waals surface area (Å²) in [5.74, 6) is 2.72. The Balaban J connectivity index is 5.54. The summed E-state index contributed by atoms with van der Waals surface area (Å²) >= 11 is 0. The van der Waals surface area contributed by atoms with Crippen LogP contribution < -0.4 is 0 Å². The molecular formula is C31H67P. The van der Waals surface area contributed by atoms with E-state index in [0.29, 0.717) is 10.8 Å². The first kappa shape index (κ1) is 32.4. The van der Waals surface area contributed by atoms with Crippen LogP contribution in [0, 0.1) is 28.6 Å². The van der Waals surface area contributed by atoms with Gasteiger partial charge in [0.25, 0.3) is 0 Å². The molecule has 0 aromatic rings. The molecule has 196 valence electrons. The van der Waals surface area contributed by atoms with E-state index in [9.17, 15) is 0 Å². The van der Waals surface area contributed by atoms with Crippen molar-refractivity contribution in [3.8, 4) is 0 Å². The molecule has 0 aliphatic heterocycles. The molecular weight excluding hydrogens is 403 g/mol. The summed E-state index contributed by atoms with van der Waals surface area (Å²) in [5.41, 5.74) is 0.932. The Hall–Kier alpha value is 0.430. The van der Waals surface area contributed by atoms with Crippen LogP contribution in [-0.2, 0) is 0 Å². The second-order valence-corrected chi connectivity index (χ2v) is 19.3. The molecule has 0 aliphatic carbocycles. The molecule has 0 aromatic carbocycles. The van der Waals surface area contributed by atoms with Crippen LogP contribution in [0.2, 0.25) is 0 Å². The van der Waals surface area contributed by atoms with Crippen molar-refractivity contribution in [3.63, 3.8) is 0 Å². The van der Waals surface area contributed by atoms with Crippen LogP contribution in [0.25, 0.3) is 0 Å². The number of hydrogen-bond donors (Lipinski definition) is 0. The predicted molar refractivity (Wildman–Crippen MR) is 156 cm³/mol. The Kier molecular flexibility index (Phi) is 16.4. The van der Waals surface area contributed by atoms with Crippen LogP contribution in [0.3, 0.4) is 0 Å². The van der Waals surface area contributed by atoms with Crippen LogP contribution in [-0.4, -0.2) is 24.6 Å². The summed E-state index contributed by atoms with van der Waals surface area (Å²) in [6.45, 7) is 26.9. The molecule has 3 atom stereocenters. The molecule has 0 bridgehead atoms. The fourth-order valence-corrected chi connectivity index (χ4v) is 12.9. The van der Waals surface area contributed by atoms with Gasteiger partial charge in [0.1, 0.15) is 0 Å². The Morgan fingerprint density at radius 1 is 0.594 bits per heavy atom. The first-order valence-electron chi connectivity index (χ1n) is 14.8. The summed E-state index contributed by atoms with van der Waals surface area (Å²) in [6.07, 6.45) is 22.3. The van der Waals surface area contributed by atoms with Gasteiger partial charge >= 0.3 is 207 Å². The van der Waals surface area contributed by atoms with E-state index in [1.54, 1.807) is 24.6 Å². The monoisotopic (exact) mass is 470 g/mol. The van der Waals surface area contributed by atoms with Gasteiger partial charge in [-0.25, -0.2) is 0 Å². The first-order valence-corrected chi connectivity index (χ1v) is 17.6. The average molecular weight is 471 g/mol. The molecule has 0 saturated heterocycles. The van der Waals surface area contributed by atoms with E-state index < -0.39 is 7.26 Å². The molecule has 0 nitrogen and oxygen atoms in total. The second-order valence-electron chi connectivity index (χ2n) is 14.4. The van der Waals surface area contributed by atoms with Crippen molar-refractivity contribution in [2.45, 2.75) is 147 Å². The molecule has 0 amide bonds. The van der Waals surface area contributed by atoms with E-state index in [1.165, 1.54) is 70.6 Å². The van der Waals surface area contributed by atoms with Crippen molar-refractivity contribution in [1.29, 1.82) is 0 Å². The molecule has 0 rings (SSSR count). The Morgan fingerprint density at radius 3 is 1.38 bits per heavy atom. The third-order valence-electron chi connectivity index (χ3n) is 7.63. The van der Waals surface area contributed by atoms with Gasteiger partial charge in [-0.05, 0) is 0 Å². The zero-order chi connectivity index (χ0) is 24.8. The third-order valence-corrected chi connectivity index (χ3v) is 13.3. The van der Waals surface area contributed by atoms with E-state index in [2.05, 4.69) is 76.2 Å². The summed E-state index contributed by atoms with van der Waals surface area (Å²) < 4.78 is 0. The minimum atomic E-state index is -1.17. The van der Waals surface area contributed by atoms with Gasteiger partial charge in [-0.1, -0.05) is 0 Å². The van der Waals surface area contributed by atoms with Crippen molar-refractivity contribution >= 4 is 7.26 Å².